The van der Waals surface area contributed by atoms with Crippen LogP contribution in [0, 0.1) is 0 Å². The third kappa shape index (κ3) is 3.05. The molecule has 2 rings (SSSR count). The van der Waals surface area contributed by atoms with Crippen molar-refractivity contribution in [2.24, 2.45) is 0 Å². The number of aliphatic carboxylic acids is 1. The first-order valence-electron chi connectivity index (χ1n) is 5.45. The Kier molecular flexibility index (Phi) is 3.89. The van der Waals surface area contributed by atoms with Crippen molar-refractivity contribution in [3.63, 3.8) is 0 Å². The summed E-state index contributed by atoms with van der Waals surface area (Å²) in [5.74, 6) is -0.321. The van der Waals surface area contributed by atoms with E-state index in [0.29, 0.717) is 23.0 Å². The molecule has 4 nitrogen and oxygen atoms in total. The van der Waals surface area contributed by atoms with Gasteiger partial charge in [-0.2, -0.15) is 0 Å². The minimum atomic E-state index is -0.863. The topological polar surface area (TPSA) is 63.1 Å². The number of hydrogen-bond acceptors (Lipinski definition) is 3. The summed E-state index contributed by atoms with van der Waals surface area (Å²) in [6.07, 6.45) is 1.94. The van der Waals surface area contributed by atoms with E-state index < -0.39 is 5.97 Å². The molecule has 2 aromatic rings. The summed E-state index contributed by atoms with van der Waals surface area (Å²) in [7, 11) is 0. The number of carboxylic acids is 1. The van der Waals surface area contributed by atoms with E-state index in [4.69, 9.17) is 16.7 Å². The highest BCUT2D eigenvalue weighted by atomic mass is 35.5. The number of aryl methyl sites for hydroxylation is 1. The number of benzene rings is 1. The van der Waals surface area contributed by atoms with Crippen LogP contribution in [0.1, 0.15) is 12.0 Å². The average Bonchev–Trinajstić information content (AvgIpc) is 2.38. The predicted octanol–water partition coefficient (Wildman–Crippen LogP) is 2.81. The second-order valence-corrected chi connectivity index (χ2v) is 4.13. The monoisotopic (exact) mass is 262 g/mol. The highest BCUT2D eigenvalue weighted by Crippen LogP contribution is 2.19. The minimum Gasteiger partial charge on any atom is -0.481 e. The molecule has 0 saturated heterocycles. The van der Waals surface area contributed by atoms with Gasteiger partial charge in [-0.3, -0.25) is 4.79 Å². The molecular weight excluding hydrogens is 252 g/mol. The Labute approximate surface area is 109 Å². The Morgan fingerprint density at radius 1 is 1.28 bits per heavy atom. The van der Waals surface area contributed by atoms with Gasteiger partial charge in [-0.1, -0.05) is 41.9 Å². The molecule has 0 fully saturated rings. The second kappa shape index (κ2) is 5.60. The molecule has 1 N–H and O–H groups in total. The van der Waals surface area contributed by atoms with Crippen molar-refractivity contribution in [1.29, 1.82) is 0 Å². The second-order valence-electron chi connectivity index (χ2n) is 3.77. The number of rotatable bonds is 4. The lowest BCUT2D eigenvalue weighted by molar-refractivity contribution is -0.136. The van der Waals surface area contributed by atoms with E-state index >= 15 is 0 Å². The van der Waals surface area contributed by atoms with Crippen LogP contribution in [0.4, 0.5) is 0 Å². The van der Waals surface area contributed by atoms with Gasteiger partial charge in [0.1, 0.15) is 5.15 Å². The summed E-state index contributed by atoms with van der Waals surface area (Å²) in [6.45, 7) is 0. The van der Waals surface area contributed by atoms with Gasteiger partial charge in [0.25, 0.3) is 0 Å². The van der Waals surface area contributed by atoms with E-state index in [1.807, 2.05) is 30.3 Å². The Morgan fingerprint density at radius 2 is 2.00 bits per heavy atom. The van der Waals surface area contributed by atoms with Crippen molar-refractivity contribution in [2.45, 2.75) is 12.8 Å². The molecule has 0 atom stereocenters. The fourth-order valence-electron chi connectivity index (χ4n) is 1.52. The first-order chi connectivity index (χ1) is 8.66. The van der Waals surface area contributed by atoms with Gasteiger partial charge in [-0.15, -0.1) is 0 Å². The molecule has 92 valence electrons. The Balaban J connectivity index is 2.22. The maximum absolute atomic E-state index is 10.5. The molecule has 0 radical (unpaired) electrons. The smallest absolute Gasteiger partial charge is 0.303 e. The largest absolute Gasteiger partial charge is 0.481 e. The lowest BCUT2D eigenvalue weighted by atomic mass is 10.2. The zero-order chi connectivity index (χ0) is 13.0. The molecule has 0 bridgehead atoms. The van der Waals surface area contributed by atoms with E-state index in [1.165, 1.54) is 0 Å². The van der Waals surface area contributed by atoms with Gasteiger partial charge in [0.15, 0.2) is 5.82 Å². The van der Waals surface area contributed by atoms with E-state index in [2.05, 4.69) is 9.97 Å². The van der Waals surface area contributed by atoms with Crippen molar-refractivity contribution in [3.05, 3.63) is 47.2 Å². The molecule has 0 saturated carbocycles. The van der Waals surface area contributed by atoms with Gasteiger partial charge in [0.2, 0.25) is 0 Å². The van der Waals surface area contributed by atoms with Gasteiger partial charge in [0.05, 0.1) is 0 Å². The molecule has 0 aliphatic heterocycles. The third-order valence-corrected chi connectivity index (χ3v) is 2.78. The van der Waals surface area contributed by atoms with Crippen LogP contribution in [0.3, 0.4) is 0 Å². The Hall–Kier alpha value is -1.94. The molecule has 5 heteroatoms. The molecule has 0 unspecified atom stereocenters. The highest BCUT2D eigenvalue weighted by molar-refractivity contribution is 6.30. The van der Waals surface area contributed by atoms with E-state index in [0.717, 1.165) is 5.56 Å². The fourth-order valence-corrected chi connectivity index (χ4v) is 1.74. The van der Waals surface area contributed by atoms with Crippen LogP contribution in [-0.2, 0) is 11.2 Å². The van der Waals surface area contributed by atoms with E-state index in [1.54, 1.807) is 6.20 Å². The van der Waals surface area contributed by atoms with Crippen LogP contribution in [0.15, 0.2) is 36.5 Å². The first kappa shape index (κ1) is 12.5. The number of carboxylic acid groups (broad SMARTS) is 1. The molecule has 0 aliphatic carbocycles. The lowest BCUT2D eigenvalue weighted by Crippen LogP contribution is -2.00. The Morgan fingerprint density at radius 3 is 2.61 bits per heavy atom. The van der Waals surface area contributed by atoms with Crippen LogP contribution in [0.2, 0.25) is 5.15 Å². The van der Waals surface area contributed by atoms with Crippen molar-refractivity contribution in [1.82, 2.24) is 9.97 Å². The van der Waals surface area contributed by atoms with Gasteiger partial charge in [0, 0.05) is 23.7 Å². The van der Waals surface area contributed by atoms with Gasteiger partial charge < -0.3 is 5.11 Å². The maximum atomic E-state index is 10.5. The van der Waals surface area contributed by atoms with E-state index in [9.17, 15) is 4.79 Å². The molecule has 0 amide bonds. The lowest BCUT2D eigenvalue weighted by Gasteiger charge is -2.04. The first-order valence-corrected chi connectivity index (χ1v) is 5.83. The summed E-state index contributed by atoms with van der Waals surface area (Å²) in [5.41, 5.74) is 1.53. The van der Waals surface area contributed by atoms with Crippen LogP contribution in [-0.4, -0.2) is 21.0 Å². The van der Waals surface area contributed by atoms with Crippen LogP contribution in [0.25, 0.3) is 11.4 Å². The zero-order valence-electron chi connectivity index (χ0n) is 9.51. The summed E-state index contributed by atoms with van der Waals surface area (Å²) < 4.78 is 0. The zero-order valence-corrected chi connectivity index (χ0v) is 10.3. The van der Waals surface area contributed by atoms with E-state index in [-0.39, 0.29) is 6.42 Å². The fraction of sp³-hybridized carbons (Fsp3) is 0.154. The Bertz CT molecular complexity index is 558. The van der Waals surface area contributed by atoms with Crippen LogP contribution in [0.5, 0.6) is 0 Å². The molecular formula is C13H11ClN2O2. The van der Waals surface area contributed by atoms with Gasteiger partial charge in [-0.05, 0) is 6.42 Å². The predicted molar refractivity (Wildman–Crippen MR) is 68.4 cm³/mol. The van der Waals surface area contributed by atoms with Crippen LogP contribution >= 0.6 is 11.6 Å². The standard InChI is InChI=1S/C13H11ClN2O2/c14-12-10(6-7-11(17)18)8-15-13(16-12)9-4-2-1-3-5-9/h1-5,8H,6-7H2,(H,17,18). The SMILES string of the molecule is O=C(O)CCc1cnc(-c2ccccc2)nc1Cl. The van der Waals surface area contributed by atoms with Gasteiger partial charge in [-0.25, -0.2) is 9.97 Å². The quantitative estimate of drug-likeness (QED) is 0.861. The summed E-state index contributed by atoms with van der Waals surface area (Å²) in [4.78, 5) is 18.9. The highest BCUT2D eigenvalue weighted by Gasteiger charge is 2.08. The maximum Gasteiger partial charge on any atom is 0.303 e. The third-order valence-electron chi connectivity index (χ3n) is 2.45. The van der Waals surface area contributed by atoms with Crippen molar-refractivity contribution in [2.75, 3.05) is 0 Å². The molecule has 1 heterocycles. The number of halogens is 1. The molecule has 1 aromatic heterocycles. The molecule has 18 heavy (non-hydrogen) atoms. The van der Waals surface area contributed by atoms with Crippen molar-refractivity contribution >= 4 is 17.6 Å². The number of hydrogen-bond donors (Lipinski definition) is 1. The summed E-state index contributed by atoms with van der Waals surface area (Å²) in [5, 5.41) is 8.92. The molecule has 1 aromatic carbocycles. The van der Waals surface area contributed by atoms with Gasteiger partial charge >= 0.3 is 5.97 Å². The summed E-state index contributed by atoms with van der Waals surface area (Å²) >= 11 is 6.02. The van der Waals surface area contributed by atoms with Crippen molar-refractivity contribution < 1.29 is 9.90 Å². The number of aromatic nitrogens is 2. The average molecular weight is 263 g/mol. The normalized spacial score (nSPS) is 10.3. The molecule has 0 spiro atoms. The molecule has 0 aliphatic rings. The summed E-state index contributed by atoms with van der Waals surface area (Å²) in [6, 6.07) is 9.48. The van der Waals surface area contributed by atoms with Crippen LogP contribution < -0.4 is 0 Å². The van der Waals surface area contributed by atoms with Crippen molar-refractivity contribution in [3.8, 4) is 11.4 Å². The minimum absolute atomic E-state index is 0.0216. The number of nitrogens with zero attached hydrogens (tertiary/aromatic N) is 2. The number of carbonyl (C=O) groups is 1.